The van der Waals surface area contributed by atoms with E-state index in [-0.39, 0.29) is 17.9 Å². The van der Waals surface area contributed by atoms with Crippen molar-refractivity contribution in [2.45, 2.75) is 24.3 Å². The quantitative estimate of drug-likeness (QED) is 0.676. The van der Waals surface area contributed by atoms with Crippen molar-refractivity contribution in [3.8, 4) is 0 Å². The lowest BCUT2D eigenvalue weighted by atomic mass is 9.96. The zero-order valence-corrected chi connectivity index (χ0v) is 15.0. The molecule has 0 aliphatic carbocycles. The second-order valence-electron chi connectivity index (χ2n) is 6.14. The predicted octanol–water partition coefficient (Wildman–Crippen LogP) is 1.25. The number of nitrogens with one attached hydrogen (secondary N) is 2. The highest BCUT2D eigenvalue weighted by molar-refractivity contribution is 7.89. The molecule has 1 aromatic carbocycles. The van der Waals surface area contributed by atoms with Crippen LogP contribution in [0.25, 0.3) is 0 Å². The monoisotopic (exact) mass is 389 g/mol. The van der Waals surface area contributed by atoms with Crippen molar-refractivity contribution in [3.05, 3.63) is 46.8 Å². The Bertz CT molecular complexity index is 858. The van der Waals surface area contributed by atoms with Crippen LogP contribution in [0.1, 0.15) is 24.3 Å². The van der Waals surface area contributed by atoms with Crippen LogP contribution >= 0.6 is 12.6 Å². The van der Waals surface area contributed by atoms with E-state index >= 15 is 0 Å². The number of hydrogen-bond acceptors (Lipinski definition) is 6. The van der Waals surface area contributed by atoms with Crippen LogP contribution in [0.2, 0.25) is 0 Å². The molecule has 1 saturated heterocycles. The molecule has 6 nitrogen and oxygen atoms in total. The van der Waals surface area contributed by atoms with E-state index < -0.39 is 33.1 Å². The Morgan fingerprint density at radius 3 is 2.84 bits per heavy atom. The highest BCUT2D eigenvalue weighted by Gasteiger charge is 2.39. The first-order valence-electron chi connectivity index (χ1n) is 7.53. The molecule has 1 unspecified atom stereocenters. The molecular weight excluding hydrogens is 372 g/mol. The molecule has 3 rings (SSSR count). The van der Waals surface area contributed by atoms with Crippen LogP contribution < -0.4 is 10.0 Å². The number of fused-ring (bicyclic) bond motifs is 1. The van der Waals surface area contributed by atoms with Gasteiger partial charge in [-0.3, -0.25) is 9.52 Å². The van der Waals surface area contributed by atoms with Crippen LogP contribution in [0.5, 0.6) is 0 Å². The first-order chi connectivity index (χ1) is 11.6. The van der Waals surface area contributed by atoms with Gasteiger partial charge in [-0.25, -0.2) is 17.2 Å². The van der Waals surface area contributed by atoms with Gasteiger partial charge < -0.3 is 10.2 Å². The van der Waals surface area contributed by atoms with E-state index in [4.69, 9.17) is 0 Å². The fourth-order valence-corrected chi connectivity index (χ4v) is 4.09. The van der Waals surface area contributed by atoms with Crippen LogP contribution in [0.4, 0.5) is 8.78 Å². The molecule has 0 spiro atoms. The Labute approximate surface area is 149 Å². The van der Waals surface area contributed by atoms with Crippen LogP contribution in [0.3, 0.4) is 0 Å². The van der Waals surface area contributed by atoms with Crippen molar-refractivity contribution in [3.63, 3.8) is 0 Å². The molecule has 10 heteroatoms. The summed E-state index contributed by atoms with van der Waals surface area (Å²) in [5.41, 5.74) is 1.18. The number of halogens is 2. The molecule has 25 heavy (non-hydrogen) atoms. The van der Waals surface area contributed by atoms with Gasteiger partial charge in [0.15, 0.2) is 0 Å². The largest absolute Gasteiger partial charge is 0.358 e. The van der Waals surface area contributed by atoms with E-state index in [2.05, 4.69) is 17.9 Å². The van der Waals surface area contributed by atoms with E-state index in [1.807, 2.05) is 9.62 Å². The summed E-state index contributed by atoms with van der Waals surface area (Å²) < 4.78 is 51.7. The van der Waals surface area contributed by atoms with Crippen molar-refractivity contribution in [2.75, 3.05) is 12.8 Å². The summed E-state index contributed by atoms with van der Waals surface area (Å²) in [5.74, 6) is -1.92. The maximum absolute atomic E-state index is 14.0. The average Bonchev–Trinajstić information content (AvgIpc) is 3.02. The van der Waals surface area contributed by atoms with E-state index in [1.54, 1.807) is 0 Å². The summed E-state index contributed by atoms with van der Waals surface area (Å²) in [6.45, 7) is 0.425. The third-order valence-corrected chi connectivity index (χ3v) is 5.19. The predicted molar refractivity (Wildman–Crippen MR) is 91.0 cm³/mol. The Hall–Kier alpha value is -1.81. The Morgan fingerprint density at radius 2 is 2.16 bits per heavy atom. The standard InChI is InChI=1S/C15H17F2N3O3S2/c1-25(22,23)19-14(21)6-12-13-4-8(7-20(13)15(24)18-12)10-5-9(16)2-3-11(10)17/h2-3,5,8,15,18,24H,4,6-7H2,1H3,(H,19,21)/t8-,15?/m0/s1. The van der Waals surface area contributed by atoms with Gasteiger partial charge in [-0.2, -0.15) is 0 Å². The van der Waals surface area contributed by atoms with Crippen LogP contribution in [0.15, 0.2) is 29.6 Å². The Balaban J connectivity index is 1.82. The van der Waals surface area contributed by atoms with Crippen LogP contribution in [-0.2, 0) is 14.8 Å². The molecular formula is C15H17F2N3O3S2. The molecule has 1 amide bonds. The van der Waals surface area contributed by atoms with Crippen LogP contribution in [-0.4, -0.2) is 37.5 Å². The van der Waals surface area contributed by atoms with Crippen molar-refractivity contribution >= 4 is 28.6 Å². The summed E-state index contributed by atoms with van der Waals surface area (Å²) in [7, 11) is -3.64. The maximum Gasteiger partial charge on any atom is 0.239 e. The molecule has 2 N–H and O–H groups in total. The second kappa shape index (κ2) is 6.49. The minimum atomic E-state index is -3.64. The minimum absolute atomic E-state index is 0.158. The van der Waals surface area contributed by atoms with Crippen LogP contribution in [0, 0.1) is 11.6 Å². The van der Waals surface area contributed by atoms with Gasteiger partial charge in [0.05, 0.1) is 12.7 Å². The molecule has 2 atom stereocenters. The Morgan fingerprint density at radius 1 is 1.44 bits per heavy atom. The normalized spacial score (nSPS) is 22.8. The molecule has 136 valence electrons. The molecule has 1 aromatic rings. The Kier molecular flexibility index (Phi) is 4.67. The molecule has 0 bridgehead atoms. The smallest absolute Gasteiger partial charge is 0.239 e. The maximum atomic E-state index is 14.0. The van der Waals surface area contributed by atoms with E-state index in [0.717, 1.165) is 24.1 Å². The van der Waals surface area contributed by atoms with Gasteiger partial charge in [0, 0.05) is 23.9 Å². The lowest BCUT2D eigenvalue weighted by Crippen LogP contribution is -2.33. The van der Waals surface area contributed by atoms with Gasteiger partial charge >= 0.3 is 0 Å². The van der Waals surface area contributed by atoms with Gasteiger partial charge in [0.1, 0.15) is 17.1 Å². The van der Waals surface area contributed by atoms with E-state index in [1.165, 1.54) is 6.07 Å². The number of sulfonamides is 1. The SMILES string of the molecule is CS(=O)(=O)NC(=O)CC1=C2C[C@H](c3cc(F)ccc3F)CN2C(S)N1. The minimum Gasteiger partial charge on any atom is -0.358 e. The summed E-state index contributed by atoms with van der Waals surface area (Å²) >= 11 is 4.39. The number of hydrogen-bond donors (Lipinski definition) is 3. The molecule has 0 saturated carbocycles. The molecule has 2 heterocycles. The number of benzene rings is 1. The number of rotatable bonds is 4. The van der Waals surface area contributed by atoms with Crippen molar-refractivity contribution in [2.24, 2.45) is 0 Å². The van der Waals surface area contributed by atoms with Crippen molar-refractivity contribution in [1.82, 2.24) is 14.9 Å². The van der Waals surface area contributed by atoms with Gasteiger partial charge in [-0.15, -0.1) is 12.6 Å². The number of carbonyl (C=O) groups is 1. The third-order valence-electron chi connectivity index (χ3n) is 4.18. The summed E-state index contributed by atoms with van der Waals surface area (Å²) in [4.78, 5) is 13.7. The topological polar surface area (TPSA) is 78.5 Å². The molecule has 2 aliphatic rings. The van der Waals surface area contributed by atoms with Crippen molar-refractivity contribution in [1.29, 1.82) is 0 Å². The summed E-state index contributed by atoms with van der Waals surface area (Å²) in [6, 6.07) is 3.34. The third kappa shape index (κ3) is 3.90. The summed E-state index contributed by atoms with van der Waals surface area (Å²) in [5, 5.41) is 3.02. The number of amides is 1. The van der Waals surface area contributed by atoms with Gasteiger partial charge in [-0.05, 0) is 30.2 Å². The number of carbonyl (C=O) groups excluding carboxylic acids is 1. The highest BCUT2D eigenvalue weighted by Crippen LogP contribution is 2.41. The zero-order valence-electron chi connectivity index (χ0n) is 13.3. The molecule has 1 fully saturated rings. The first kappa shape index (κ1) is 18.0. The van der Waals surface area contributed by atoms with E-state index in [9.17, 15) is 22.0 Å². The van der Waals surface area contributed by atoms with Crippen molar-refractivity contribution < 1.29 is 22.0 Å². The molecule has 0 radical (unpaired) electrons. The van der Waals surface area contributed by atoms with Gasteiger partial charge in [-0.1, -0.05) is 0 Å². The van der Waals surface area contributed by atoms with Gasteiger partial charge in [0.25, 0.3) is 0 Å². The van der Waals surface area contributed by atoms with E-state index in [0.29, 0.717) is 18.7 Å². The molecule has 2 aliphatic heterocycles. The lowest BCUT2D eigenvalue weighted by Gasteiger charge is -2.20. The second-order valence-corrected chi connectivity index (χ2v) is 8.37. The molecule has 0 aromatic heterocycles. The fraction of sp³-hybridized carbons (Fsp3) is 0.400. The lowest BCUT2D eigenvalue weighted by molar-refractivity contribution is -0.118. The highest BCUT2D eigenvalue weighted by atomic mass is 32.2. The average molecular weight is 389 g/mol. The number of allylic oxidation sites excluding steroid dienone is 1. The first-order valence-corrected chi connectivity index (χ1v) is 9.93. The number of nitrogens with zero attached hydrogens (tertiary/aromatic N) is 1. The zero-order chi connectivity index (χ0) is 18.4. The fourth-order valence-electron chi connectivity index (χ4n) is 3.22. The number of thiol groups is 1. The van der Waals surface area contributed by atoms with Gasteiger partial charge in [0.2, 0.25) is 15.9 Å². The summed E-state index contributed by atoms with van der Waals surface area (Å²) in [6.07, 6.45) is 1.15.